The van der Waals surface area contributed by atoms with Crippen molar-refractivity contribution in [2.45, 2.75) is 19.4 Å². The lowest BCUT2D eigenvalue weighted by molar-refractivity contribution is -0.116. The Kier molecular flexibility index (Phi) is 8.13. The number of halogens is 1. The number of benzene rings is 4. The average molecular weight is 582 g/mol. The fourth-order valence-electron chi connectivity index (χ4n) is 5.65. The van der Waals surface area contributed by atoms with Crippen molar-refractivity contribution >= 4 is 34.9 Å². The third kappa shape index (κ3) is 5.98. The largest absolute Gasteiger partial charge is 0.465 e. The van der Waals surface area contributed by atoms with Gasteiger partial charge in [-0.3, -0.25) is 9.69 Å². The average Bonchev–Trinajstić information content (AvgIpc) is 3.02. The van der Waals surface area contributed by atoms with Gasteiger partial charge in [-0.25, -0.2) is 4.79 Å². The molecule has 1 fully saturated rings. The SMILES string of the molecule is COC(=O)c1ccc(N2CCN(Cc3ccccc3-c3ccc(Cl)cc3)CC2)cc1Oc1cccc2c1CCC(=O)N2. The highest BCUT2D eigenvalue weighted by molar-refractivity contribution is 6.30. The van der Waals surface area contributed by atoms with Gasteiger partial charge in [-0.15, -0.1) is 0 Å². The molecule has 42 heavy (non-hydrogen) atoms. The molecule has 7 nitrogen and oxygen atoms in total. The molecule has 0 unspecified atom stereocenters. The Bertz CT molecular complexity index is 1610. The van der Waals surface area contributed by atoms with Crippen molar-refractivity contribution in [3.63, 3.8) is 0 Å². The number of piperazine rings is 1. The maximum atomic E-state index is 12.6. The summed E-state index contributed by atoms with van der Waals surface area (Å²) in [6, 6.07) is 27.7. The highest BCUT2D eigenvalue weighted by atomic mass is 35.5. The Morgan fingerprint density at radius 2 is 1.67 bits per heavy atom. The van der Waals surface area contributed by atoms with Gasteiger partial charge in [-0.05, 0) is 59.5 Å². The van der Waals surface area contributed by atoms with Gasteiger partial charge >= 0.3 is 5.97 Å². The molecule has 0 aromatic heterocycles. The van der Waals surface area contributed by atoms with E-state index in [-0.39, 0.29) is 5.91 Å². The zero-order valence-electron chi connectivity index (χ0n) is 23.4. The summed E-state index contributed by atoms with van der Waals surface area (Å²) >= 11 is 6.12. The molecular formula is C34H32ClN3O4. The topological polar surface area (TPSA) is 71.1 Å². The number of fused-ring (bicyclic) bond motifs is 1. The fourth-order valence-corrected chi connectivity index (χ4v) is 5.78. The minimum Gasteiger partial charge on any atom is -0.465 e. The maximum Gasteiger partial charge on any atom is 0.341 e. The number of ether oxygens (including phenoxy) is 2. The van der Waals surface area contributed by atoms with Gasteiger partial charge in [0.25, 0.3) is 0 Å². The number of methoxy groups -OCH3 is 1. The first-order chi connectivity index (χ1) is 20.5. The van der Waals surface area contributed by atoms with Gasteiger partial charge in [0.2, 0.25) is 5.91 Å². The van der Waals surface area contributed by atoms with Crippen LogP contribution >= 0.6 is 11.6 Å². The summed E-state index contributed by atoms with van der Waals surface area (Å²) in [5.74, 6) is 0.589. The first kappa shape index (κ1) is 27.8. The first-order valence-electron chi connectivity index (χ1n) is 14.1. The van der Waals surface area contributed by atoms with E-state index in [2.05, 4.69) is 51.5 Å². The number of rotatable bonds is 7. The Balaban J connectivity index is 1.18. The highest BCUT2D eigenvalue weighted by Gasteiger charge is 2.24. The van der Waals surface area contributed by atoms with Gasteiger partial charge in [0, 0.05) is 67.2 Å². The molecule has 0 atom stereocenters. The Morgan fingerprint density at radius 1 is 0.881 bits per heavy atom. The van der Waals surface area contributed by atoms with Gasteiger partial charge in [0.1, 0.15) is 17.1 Å². The van der Waals surface area contributed by atoms with Crippen molar-refractivity contribution in [3.8, 4) is 22.6 Å². The van der Waals surface area contributed by atoms with Crippen LogP contribution in [0.1, 0.15) is 27.9 Å². The number of hydrogen-bond acceptors (Lipinski definition) is 6. The highest BCUT2D eigenvalue weighted by Crippen LogP contribution is 2.37. The normalized spacial score (nSPS) is 15.1. The van der Waals surface area contributed by atoms with Crippen LogP contribution in [0.3, 0.4) is 0 Å². The molecule has 4 aromatic carbocycles. The summed E-state index contributed by atoms with van der Waals surface area (Å²) in [7, 11) is 1.37. The van der Waals surface area contributed by atoms with Crippen LogP contribution in [0.15, 0.2) is 84.9 Å². The molecule has 0 saturated carbocycles. The second-order valence-electron chi connectivity index (χ2n) is 10.5. The number of anilines is 2. The Labute approximate surface area is 250 Å². The quantitative estimate of drug-likeness (QED) is 0.242. The number of esters is 1. The maximum absolute atomic E-state index is 12.6. The smallest absolute Gasteiger partial charge is 0.341 e. The Morgan fingerprint density at radius 3 is 2.45 bits per heavy atom. The molecular weight excluding hydrogens is 550 g/mol. The van der Waals surface area contributed by atoms with E-state index in [1.807, 2.05) is 42.5 Å². The predicted octanol–water partition coefficient (Wildman–Crippen LogP) is 6.79. The number of nitrogens with one attached hydrogen (secondary N) is 1. The molecule has 4 aromatic rings. The van der Waals surface area contributed by atoms with Crippen LogP contribution in [-0.4, -0.2) is 50.1 Å². The van der Waals surface area contributed by atoms with Crippen LogP contribution in [0.25, 0.3) is 11.1 Å². The molecule has 1 saturated heterocycles. The van der Waals surface area contributed by atoms with E-state index in [4.69, 9.17) is 21.1 Å². The lowest BCUT2D eigenvalue weighted by Crippen LogP contribution is -2.46. The number of carbonyl (C=O) groups excluding carboxylic acids is 2. The summed E-state index contributed by atoms with van der Waals surface area (Å²) in [4.78, 5) is 29.3. The van der Waals surface area contributed by atoms with Gasteiger partial charge < -0.3 is 19.7 Å². The van der Waals surface area contributed by atoms with Gasteiger partial charge in [0.15, 0.2) is 0 Å². The second-order valence-corrected chi connectivity index (χ2v) is 11.0. The standard InChI is InChI=1S/C34H32ClN3O4/c1-41-34(40)29-14-13-26(21-32(29)42-31-8-4-7-30-28(31)15-16-33(39)36-30)38-19-17-37(18-20-38)22-24-5-2-3-6-27(24)23-9-11-25(35)12-10-23/h2-14,21H,15-20,22H2,1H3,(H,36,39). The number of hydrogen-bond donors (Lipinski definition) is 1. The Hall–Kier alpha value is -4.33. The van der Waals surface area contributed by atoms with Crippen molar-refractivity contribution in [2.24, 2.45) is 0 Å². The summed E-state index contributed by atoms with van der Waals surface area (Å²) < 4.78 is 11.4. The van der Waals surface area contributed by atoms with E-state index < -0.39 is 5.97 Å². The zero-order valence-corrected chi connectivity index (χ0v) is 24.2. The van der Waals surface area contributed by atoms with Crippen LogP contribution in [0.5, 0.6) is 11.5 Å². The molecule has 0 bridgehead atoms. The molecule has 2 aliphatic heterocycles. The van der Waals surface area contributed by atoms with E-state index in [1.54, 1.807) is 6.07 Å². The number of nitrogens with zero attached hydrogens (tertiary/aromatic N) is 2. The van der Waals surface area contributed by atoms with Gasteiger partial charge in [-0.1, -0.05) is 54.1 Å². The van der Waals surface area contributed by atoms with E-state index in [1.165, 1.54) is 18.2 Å². The zero-order chi connectivity index (χ0) is 29.1. The monoisotopic (exact) mass is 581 g/mol. The molecule has 8 heteroatoms. The van der Waals surface area contributed by atoms with Crippen LogP contribution < -0.4 is 15.0 Å². The van der Waals surface area contributed by atoms with Crippen LogP contribution in [0.2, 0.25) is 5.02 Å². The lowest BCUT2D eigenvalue weighted by atomic mass is 9.99. The van der Waals surface area contributed by atoms with Crippen molar-refractivity contribution in [2.75, 3.05) is 43.5 Å². The van der Waals surface area contributed by atoms with E-state index >= 15 is 0 Å². The van der Waals surface area contributed by atoms with Gasteiger partial charge in [0.05, 0.1) is 7.11 Å². The minimum absolute atomic E-state index is 0.00972. The minimum atomic E-state index is -0.459. The summed E-state index contributed by atoms with van der Waals surface area (Å²) in [6.45, 7) is 4.34. The molecule has 0 spiro atoms. The van der Waals surface area contributed by atoms with Crippen LogP contribution in [-0.2, 0) is 22.5 Å². The molecule has 2 aliphatic rings. The third-order valence-electron chi connectivity index (χ3n) is 7.90. The second kappa shape index (κ2) is 12.3. The van der Waals surface area contributed by atoms with E-state index in [9.17, 15) is 9.59 Å². The van der Waals surface area contributed by atoms with Crippen LogP contribution in [0.4, 0.5) is 11.4 Å². The molecule has 2 heterocycles. The molecule has 0 radical (unpaired) electrons. The van der Waals surface area contributed by atoms with Crippen molar-refractivity contribution in [1.82, 2.24) is 4.90 Å². The molecule has 1 amide bonds. The summed E-state index contributed by atoms with van der Waals surface area (Å²) in [6.07, 6.45) is 0.972. The van der Waals surface area contributed by atoms with Crippen molar-refractivity contribution < 1.29 is 19.1 Å². The van der Waals surface area contributed by atoms with Crippen molar-refractivity contribution in [1.29, 1.82) is 0 Å². The lowest BCUT2D eigenvalue weighted by Gasteiger charge is -2.36. The molecule has 6 rings (SSSR count). The summed E-state index contributed by atoms with van der Waals surface area (Å²) in [5, 5.41) is 3.64. The van der Waals surface area contributed by atoms with Crippen LogP contribution in [0, 0.1) is 0 Å². The fraction of sp³-hybridized carbons (Fsp3) is 0.235. The molecule has 0 aliphatic carbocycles. The number of carbonyl (C=O) groups is 2. The third-order valence-corrected chi connectivity index (χ3v) is 8.16. The van der Waals surface area contributed by atoms with E-state index in [0.29, 0.717) is 29.9 Å². The van der Waals surface area contributed by atoms with Gasteiger partial charge in [-0.2, -0.15) is 0 Å². The van der Waals surface area contributed by atoms with E-state index in [0.717, 1.165) is 60.2 Å². The predicted molar refractivity (Wildman–Crippen MR) is 166 cm³/mol. The summed E-state index contributed by atoms with van der Waals surface area (Å²) in [5.41, 5.74) is 6.68. The number of amides is 1. The molecule has 214 valence electrons. The van der Waals surface area contributed by atoms with Crippen molar-refractivity contribution in [3.05, 3.63) is 107 Å². The first-order valence-corrected chi connectivity index (χ1v) is 14.5. The molecule has 1 N–H and O–H groups in total.